The first-order valence-corrected chi connectivity index (χ1v) is 5.99. The summed E-state index contributed by atoms with van der Waals surface area (Å²) in [7, 11) is 5.11. The summed E-state index contributed by atoms with van der Waals surface area (Å²) >= 11 is 0. The third-order valence-electron chi connectivity index (χ3n) is 3.06. The average Bonchev–Trinajstić information content (AvgIpc) is 2.30. The second-order valence-corrected chi connectivity index (χ2v) is 4.62. The quantitative estimate of drug-likeness (QED) is 0.604. The third kappa shape index (κ3) is 5.31. The maximum Gasteiger partial charge on any atom is 0.0656 e. The lowest BCUT2D eigenvalue weighted by molar-refractivity contribution is -0.0287. The lowest BCUT2D eigenvalue weighted by Gasteiger charge is -2.43. The van der Waals surface area contributed by atoms with Crippen LogP contribution in [0.3, 0.4) is 0 Å². The Morgan fingerprint density at radius 2 is 1.82 bits per heavy atom. The van der Waals surface area contributed by atoms with E-state index in [4.69, 9.17) is 19.9 Å². The Kier molecular flexibility index (Phi) is 8.72. The normalized spacial score (nSPS) is 17.1. The first kappa shape index (κ1) is 16.8. The molecule has 2 atom stereocenters. The molecule has 0 aliphatic carbocycles. The van der Waals surface area contributed by atoms with E-state index >= 15 is 0 Å². The summed E-state index contributed by atoms with van der Waals surface area (Å²) in [5.41, 5.74) is 5.71. The van der Waals surface area contributed by atoms with Gasteiger partial charge < -0.3 is 19.9 Å². The highest BCUT2D eigenvalue weighted by Gasteiger charge is 2.33. The maximum atomic E-state index is 5.90. The molecule has 0 radical (unpaired) electrons. The van der Waals surface area contributed by atoms with Crippen LogP contribution in [0.2, 0.25) is 0 Å². The van der Waals surface area contributed by atoms with Crippen molar-refractivity contribution in [3.63, 3.8) is 0 Å². The molecule has 104 valence electrons. The average molecular weight is 248 g/mol. The molecule has 5 nitrogen and oxygen atoms in total. The summed E-state index contributed by atoms with van der Waals surface area (Å²) in [6, 6.07) is 0.277. The zero-order chi connectivity index (χ0) is 13.3. The van der Waals surface area contributed by atoms with E-state index in [1.165, 1.54) is 0 Å². The number of methoxy groups -OCH3 is 3. The molecule has 2 N–H and O–H groups in total. The minimum atomic E-state index is -0.189. The molecule has 0 rings (SSSR count). The van der Waals surface area contributed by atoms with Crippen molar-refractivity contribution in [3.8, 4) is 0 Å². The standard InChI is InChI=1S/C12H28N2O3/c1-11(8-16-4)14(6-7-15-3)12(2,9-13)10-17-5/h11H,6-10,13H2,1-5H3. The van der Waals surface area contributed by atoms with Crippen molar-refractivity contribution in [1.29, 1.82) is 0 Å². The minimum absolute atomic E-state index is 0.189. The van der Waals surface area contributed by atoms with Crippen LogP contribution in [0.25, 0.3) is 0 Å². The van der Waals surface area contributed by atoms with Gasteiger partial charge >= 0.3 is 0 Å². The van der Waals surface area contributed by atoms with Crippen molar-refractivity contribution >= 4 is 0 Å². The van der Waals surface area contributed by atoms with Crippen molar-refractivity contribution < 1.29 is 14.2 Å². The Morgan fingerprint density at radius 3 is 2.24 bits per heavy atom. The molecule has 0 aliphatic heterocycles. The van der Waals surface area contributed by atoms with Crippen molar-refractivity contribution in [1.82, 2.24) is 4.90 Å². The molecular formula is C12H28N2O3. The van der Waals surface area contributed by atoms with Gasteiger partial charge in [-0.25, -0.2) is 0 Å². The zero-order valence-electron chi connectivity index (χ0n) is 11.9. The van der Waals surface area contributed by atoms with Crippen LogP contribution in [0, 0.1) is 0 Å². The zero-order valence-corrected chi connectivity index (χ0v) is 11.9. The van der Waals surface area contributed by atoms with Gasteiger partial charge in [0, 0.05) is 40.5 Å². The molecule has 0 aliphatic rings. The fourth-order valence-corrected chi connectivity index (χ4v) is 2.11. The minimum Gasteiger partial charge on any atom is -0.383 e. The molecule has 0 fully saturated rings. The molecule has 5 heteroatoms. The highest BCUT2D eigenvalue weighted by Crippen LogP contribution is 2.18. The summed E-state index contributed by atoms with van der Waals surface area (Å²) in [5, 5.41) is 0. The van der Waals surface area contributed by atoms with Gasteiger partial charge in [0.2, 0.25) is 0 Å². The van der Waals surface area contributed by atoms with Crippen LogP contribution < -0.4 is 5.73 Å². The fourth-order valence-electron chi connectivity index (χ4n) is 2.11. The fraction of sp³-hybridized carbons (Fsp3) is 1.00. The first-order valence-electron chi connectivity index (χ1n) is 5.99. The van der Waals surface area contributed by atoms with Gasteiger partial charge in [-0.15, -0.1) is 0 Å². The molecule has 17 heavy (non-hydrogen) atoms. The lowest BCUT2D eigenvalue weighted by atomic mass is 9.99. The van der Waals surface area contributed by atoms with Crippen LogP contribution in [0.1, 0.15) is 13.8 Å². The highest BCUT2D eigenvalue weighted by atomic mass is 16.5. The molecule has 2 unspecified atom stereocenters. The highest BCUT2D eigenvalue weighted by molar-refractivity contribution is 4.90. The lowest BCUT2D eigenvalue weighted by Crippen LogP contribution is -2.59. The van der Waals surface area contributed by atoms with E-state index in [-0.39, 0.29) is 11.6 Å². The van der Waals surface area contributed by atoms with Crippen LogP contribution in [-0.4, -0.2) is 70.7 Å². The second-order valence-electron chi connectivity index (χ2n) is 4.62. The summed E-state index contributed by atoms with van der Waals surface area (Å²) < 4.78 is 15.7. The number of hydrogen-bond acceptors (Lipinski definition) is 5. The molecule has 0 spiro atoms. The summed E-state index contributed by atoms with van der Waals surface area (Å²) in [4.78, 5) is 2.30. The van der Waals surface area contributed by atoms with Crippen molar-refractivity contribution in [2.45, 2.75) is 25.4 Å². The molecule has 0 aromatic rings. The number of ether oxygens (including phenoxy) is 3. The topological polar surface area (TPSA) is 57.0 Å². The monoisotopic (exact) mass is 248 g/mol. The van der Waals surface area contributed by atoms with Gasteiger partial charge in [0.05, 0.1) is 25.4 Å². The van der Waals surface area contributed by atoms with Crippen molar-refractivity contribution in [2.24, 2.45) is 5.73 Å². The molecule has 0 aromatic carbocycles. The predicted molar refractivity (Wildman–Crippen MR) is 69.3 cm³/mol. The van der Waals surface area contributed by atoms with Crippen molar-refractivity contribution in [3.05, 3.63) is 0 Å². The molecular weight excluding hydrogens is 220 g/mol. The smallest absolute Gasteiger partial charge is 0.0656 e. The van der Waals surface area contributed by atoms with Crippen molar-refractivity contribution in [2.75, 3.05) is 54.2 Å². The van der Waals surface area contributed by atoms with Crippen LogP contribution in [0.5, 0.6) is 0 Å². The van der Waals surface area contributed by atoms with E-state index in [0.29, 0.717) is 26.4 Å². The van der Waals surface area contributed by atoms with E-state index < -0.39 is 0 Å². The van der Waals surface area contributed by atoms with Gasteiger partial charge in [-0.3, -0.25) is 4.90 Å². The Labute approximate surface area is 105 Å². The van der Waals surface area contributed by atoms with E-state index in [1.54, 1.807) is 21.3 Å². The number of nitrogens with zero attached hydrogens (tertiary/aromatic N) is 1. The summed E-state index contributed by atoms with van der Waals surface area (Å²) in [6.07, 6.45) is 0. The molecule has 0 aromatic heterocycles. The number of rotatable bonds is 10. The van der Waals surface area contributed by atoms with Gasteiger partial charge in [-0.2, -0.15) is 0 Å². The van der Waals surface area contributed by atoms with Gasteiger partial charge in [-0.05, 0) is 13.8 Å². The van der Waals surface area contributed by atoms with E-state index in [9.17, 15) is 0 Å². The molecule has 0 saturated carbocycles. The summed E-state index contributed by atoms with van der Waals surface area (Å²) in [5.74, 6) is 0. The maximum absolute atomic E-state index is 5.90. The summed E-state index contributed by atoms with van der Waals surface area (Å²) in [6.45, 7) is 7.54. The predicted octanol–water partition coefficient (Wildman–Crippen LogP) is 0.334. The SMILES string of the molecule is COCCN(C(C)COC)C(C)(CN)COC. The Morgan fingerprint density at radius 1 is 1.18 bits per heavy atom. The molecule has 0 bridgehead atoms. The third-order valence-corrected chi connectivity index (χ3v) is 3.06. The Bertz CT molecular complexity index is 193. The first-order chi connectivity index (χ1) is 8.05. The van der Waals surface area contributed by atoms with Gasteiger partial charge in [0.1, 0.15) is 0 Å². The number of hydrogen-bond donors (Lipinski definition) is 1. The van der Waals surface area contributed by atoms with E-state index in [1.807, 2.05) is 0 Å². The van der Waals surface area contributed by atoms with Crippen LogP contribution in [0.4, 0.5) is 0 Å². The van der Waals surface area contributed by atoms with E-state index in [2.05, 4.69) is 18.7 Å². The van der Waals surface area contributed by atoms with Crippen LogP contribution in [-0.2, 0) is 14.2 Å². The molecule has 0 amide bonds. The molecule has 0 saturated heterocycles. The van der Waals surface area contributed by atoms with Gasteiger partial charge in [-0.1, -0.05) is 0 Å². The number of nitrogens with two attached hydrogens (primary N) is 1. The van der Waals surface area contributed by atoms with Gasteiger partial charge in [0.25, 0.3) is 0 Å². The Hall–Kier alpha value is -0.200. The van der Waals surface area contributed by atoms with E-state index in [0.717, 1.165) is 6.54 Å². The Balaban J connectivity index is 4.71. The van der Waals surface area contributed by atoms with Gasteiger partial charge in [0.15, 0.2) is 0 Å². The van der Waals surface area contributed by atoms with Crippen LogP contribution in [0.15, 0.2) is 0 Å². The second kappa shape index (κ2) is 8.83. The largest absolute Gasteiger partial charge is 0.383 e. The van der Waals surface area contributed by atoms with Crippen LogP contribution >= 0.6 is 0 Å². The molecule has 0 heterocycles.